The molecule has 19 heavy (non-hydrogen) atoms. The summed E-state index contributed by atoms with van der Waals surface area (Å²) >= 11 is 0. The van der Waals surface area contributed by atoms with Crippen LogP contribution in [0.4, 0.5) is 5.69 Å². The minimum Gasteiger partial charge on any atom is -0.379 e. The van der Waals surface area contributed by atoms with Crippen LogP contribution in [0.2, 0.25) is 0 Å². The van der Waals surface area contributed by atoms with Crippen molar-refractivity contribution >= 4 is 16.6 Å². The van der Waals surface area contributed by atoms with Gasteiger partial charge in [-0.3, -0.25) is 4.98 Å². The van der Waals surface area contributed by atoms with E-state index in [1.165, 1.54) is 11.1 Å². The molecule has 1 N–H and O–H groups in total. The summed E-state index contributed by atoms with van der Waals surface area (Å²) in [4.78, 5) is 4.45. The Bertz CT molecular complexity index is 699. The van der Waals surface area contributed by atoms with Crippen LogP contribution in [0.5, 0.6) is 0 Å². The third-order valence-corrected chi connectivity index (χ3v) is 3.20. The number of hydrogen-bond donors (Lipinski definition) is 1. The maximum atomic E-state index is 4.45. The monoisotopic (exact) mass is 248 g/mol. The molecule has 2 nitrogen and oxygen atoms in total. The molecule has 0 aliphatic carbocycles. The van der Waals surface area contributed by atoms with Gasteiger partial charge in [0.2, 0.25) is 0 Å². The largest absolute Gasteiger partial charge is 0.379 e. The highest BCUT2D eigenvalue weighted by Crippen LogP contribution is 2.21. The number of aryl methyl sites for hydroxylation is 1. The number of pyridine rings is 1. The lowest BCUT2D eigenvalue weighted by molar-refractivity contribution is 1.14. The van der Waals surface area contributed by atoms with Gasteiger partial charge < -0.3 is 5.32 Å². The number of fused-ring (bicyclic) bond motifs is 1. The molecule has 94 valence electrons. The zero-order chi connectivity index (χ0) is 13.1. The Morgan fingerprint density at radius 2 is 1.84 bits per heavy atom. The van der Waals surface area contributed by atoms with Gasteiger partial charge in [0.15, 0.2) is 0 Å². The number of hydrogen-bond acceptors (Lipinski definition) is 2. The number of anilines is 1. The van der Waals surface area contributed by atoms with Crippen molar-refractivity contribution in [3.05, 3.63) is 71.9 Å². The van der Waals surface area contributed by atoms with Crippen LogP contribution in [0.25, 0.3) is 10.9 Å². The Morgan fingerprint density at radius 1 is 1.00 bits per heavy atom. The predicted molar refractivity (Wildman–Crippen MR) is 80.2 cm³/mol. The maximum absolute atomic E-state index is 4.45. The molecule has 0 aliphatic rings. The summed E-state index contributed by atoms with van der Waals surface area (Å²) in [5.74, 6) is 0. The van der Waals surface area contributed by atoms with Gasteiger partial charge in [-0.05, 0) is 24.6 Å². The lowest BCUT2D eigenvalue weighted by Gasteiger charge is -2.09. The van der Waals surface area contributed by atoms with Crippen molar-refractivity contribution in [1.29, 1.82) is 0 Å². The Morgan fingerprint density at radius 3 is 2.74 bits per heavy atom. The van der Waals surface area contributed by atoms with E-state index in [1.807, 2.05) is 12.3 Å². The number of nitrogens with one attached hydrogen (secondary N) is 1. The van der Waals surface area contributed by atoms with Crippen LogP contribution in [0.15, 0.2) is 60.8 Å². The molecule has 0 fully saturated rings. The second-order valence-electron chi connectivity index (χ2n) is 4.72. The predicted octanol–water partition coefficient (Wildman–Crippen LogP) is 4.16. The number of aromatic nitrogens is 1. The van der Waals surface area contributed by atoms with Crippen LogP contribution < -0.4 is 5.32 Å². The molecule has 0 atom stereocenters. The molecule has 3 rings (SSSR count). The Hall–Kier alpha value is -2.35. The molecule has 0 saturated carbocycles. The van der Waals surface area contributed by atoms with Gasteiger partial charge in [-0.2, -0.15) is 0 Å². The summed E-state index contributed by atoms with van der Waals surface area (Å²) < 4.78 is 0. The van der Waals surface area contributed by atoms with Crippen molar-refractivity contribution in [2.45, 2.75) is 13.5 Å². The standard InChI is InChI=1S/C17H16N2/c1-13-5-2-6-14(11-13)12-19-16-9-3-7-15-8-4-10-18-17(15)16/h2-11,19H,12H2,1H3. The van der Waals surface area contributed by atoms with Crippen molar-refractivity contribution in [2.75, 3.05) is 5.32 Å². The average Bonchev–Trinajstić information content (AvgIpc) is 2.45. The van der Waals surface area contributed by atoms with Crippen LogP contribution in [-0.4, -0.2) is 4.98 Å². The van der Waals surface area contributed by atoms with Gasteiger partial charge in [0.1, 0.15) is 0 Å². The summed E-state index contributed by atoms with van der Waals surface area (Å²) in [5.41, 5.74) is 4.68. The van der Waals surface area contributed by atoms with E-state index >= 15 is 0 Å². The number of para-hydroxylation sites is 1. The van der Waals surface area contributed by atoms with Crippen LogP contribution in [-0.2, 0) is 6.54 Å². The van der Waals surface area contributed by atoms with E-state index in [9.17, 15) is 0 Å². The van der Waals surface area contributed by atoms with Crippen molar-refractivity contribution in [3.63, 3.8) is 0 Å². The quantitative estimate of drug-likeness (QED) is 0.753. The first-order chi connectivity index (χ1) is 9.33. The summed E-state index contributed by atoms with van der Waals surface area (Å²) in [6, 6.07) is 18.8. The molecule has 0 bridgehead atoms. The Balaban J connectivity index is 1.86. The van der Waals surface area contributed by atoms with Gasteiger partial charge in [-0.15, -0.1) is 0 Å². The van der Waals surface area contributed by atoms with E-state index < -0.39 is 0 Å². The van der Waals surface area contributed by atoms with Crippen molar-refractivity contribution in [1.82, 2.24) is 4.98 Å². The smallest absolute Gasteiger partial charge is 0.0933 e. The van der Waals surface area contributed by atoms with E-state index in [1.54, 1.807) is 0 Å². The summed E-state index contributed by atoms with van der Waals surface area (Å²) in [6.07, 6.45) is 1.83. The Kier molecular flexibility index (Phi) is 3.15. The van der Waals surface area contributed by atoms with Crippen molar-refractivity contribution in [2.24, 2.45) is 0 Å². The van der Waals surface area contributed by atoms with E-state index in [4.69, 9.17) is 0 Å². The molecule has 2 aromatic carbocycles. The van der Waals surface area contributed by atoms with Gasteiger partial charge in [0.25, 0.3) is 0 Å². The minimum absolute atomic E-state index is 0.817. The highest BCUT2D eigenvalue weighted by atomic mass is 14.9. The molecular weight excluding hydrogens is 232 g/mol. The zero-order valence-electron chi connectivity index (χ0n) is 10.9. The number of nitrogens with zero attached hydrogens (tertiary/aromatic N) is 1. The molecule has 2 heteroatoms. The average molecular weight is 248 g/mol. The van der Waals surface area contributed by atoms with Crippen LogP contribution in [0, 0.1) is 6.92 Å². The molecule has 1 heterocycles. The lowest BCUT2D eigenvalue weighted by Crippen LogP contribution is -2.00. The topological polar surface area (TPSA) is 24.9 Å². The molecule has 0 saturated heterocycles. The second-order valence-corrected chi connectivity index (χ2v) is 4.72. The Labute approximate surface area is 113 Å². The highest BCUT2D eigenvalue weighted by molar-refractivity contribution is 5.90. The van der Waals surface area contributed by atoms with E-state index in [2.05, 4.69) is 65.8 Å². The molecule has 0 radical (unpaired) electrons. The second kappa shape index (κ2) is 5.11. The molecule has 0 unspecified atom stereocenters. The molecular formula is C17H16N2. The fourth-order valence-electron chi connectivity index (χ4n) is 2.27. The third-order valence-electron chi connectivity index (χ3n) is 3.20. The molecule has 0 spiro atoms. The van der Waals surface area contributed by atoms with Gasteiger partial charge in [0.05, 0.1) is 11.2 Å². The van der Waals surface area contributed by atoms with E-state index in [-0.39, 0.29) is 0 Å². The van der Waals surface area contributed by atoms with Crippen LogP contribution >= 0.6 is 0 Å². The van der Waals surface area contributed by atoms with E-state index in [0.29, 0.717) is 0 Å². The van der Waals surface area contributed by atoms with Crippen LogP contribution in [0.1, 0.15) is 11.1 Å². The zero-order valence-corrected chi connectivity index (χ0v) is 10.9. The first-order valence-electron chi connectivity index (χ1n) is 6.46. The molecule has 1 aromatic heterocycles. The maximum Gasteiger partial charge on any atom is 0.0933 e. The normalized spacial score (nSPS) is 10.6. The SMILES string of the molecule is Cc1cccc(CNc2cccc3cccnc23)c1. The summed E-state index contributed by atoms with van der Waals surface area (Å²) in [6.45, 7) is 2.93. The first-order valence-corrected chi connectivity index (χ1v) is 6.46. The molecule has 0 amide bonds. The number of rotatable bonds is 3. The minimum atomic E-state index is 0.817. The first kappa shape index (κ1) is 11.7. The number of benzene rings is 2. The van der Waals surface area contributed by atoms with Gasteiger partial charge >= 0.3 is 0 Å². The fourth-order valence-corrected chi connectivity index (χ4v) is 2.27. The van der Waals surface area contributed by atoms with Crippen molar-refractivity contribution < 1.29 is 0 Å². The summed E-state index contributed by atoms with van der Waals surface area (Å²) in [5, 5.41) is 4.63. The molecule has 3 aromatic rings. The van der Waals surface area contributed by atoms with Gasteiger partial charge in [0, 0.05) is 18.1 Å². The molecule has 0 aliphatic heterocycles. The fraction of sp³-hybridized carbons (Fsp3) is 0.118. The van der Waals surface area contributed by atoms with Gasteiger partial charge in [-0.1, -0.05) is 48.0 Å². The van der Waals surface area contributed by atoms with Crippen LogP contribution in [0.3, 0.4) is 0 Å². The van der Waals surface area contributed by atoms with Crippen molar-refractivity contribution in [3.8, 4) is 0 Å². The third kappa shape index (κ3) is 2.58. The van der Waals surface area contributed by atoms with E-state index in [0.717, 1.165) is 23.1 Å². The highest BCUT2D eigenvalue weighted by Gasteiger charge is 2.01. The summed E-state index contributed by atoms with van der Waals surface area (Å²) in [7, 11) is 0. The van der Waals surface area contributed by atoms with Gasteiger partial charge in [-0.25, -0.2) is 0 Å². The lowest BCUT2D eigenvalue weighted by atomic mass is 10.1.